The summed E-state index contributed by atoms with van der Waals surface area (Å²) in [6.45, 7) is 5.59. The Morgan fingerprint density at radius 1 is 1.00 bits per heavy atom. The van der Waals surface area contributed by atoms with E-state index in [2.05, 4.69) is 0 Å². The van der Waals surface area contributed by atoms with Crippen LogP contribution in [-0.2, 0) is 4.79 Å². The van der Waals surface area contributed by atoms with Crippen LogP contribution in [0.3, 0.4) is 0 Å². The minimum Gasteiger partial charge on any atom is -0.479 e. The number of aryl methyl sites for hydroxylation is 2. The number of carbonyl (C=O) groups excluding carboxylic acids is 1. The molecule has 0 aromatic heterocycles. The van der Waals surface area contributed by atoms with Gasteiger partial charge in [-0.1, -0.05) is 6.07 Å². The van der Waals surface area contributed by atoms with Crippen molar-refractivity contribution in [3.63, 3.8) is 0 Å². The van der Waals surface area contributed by atoms with Gasteiger partial charge in [-0.05, 0) is 68.3 Å². The molecule has 0 amide bonds. The SMILES string of the molecule is Cc1ccc(O[C@@H](C)C(=O)Oc2ccc(F)cc2)cc1C. The van der Waals surface area contributed by atoms with Gasteiger partial charge in [0.15, 0.2) is 6.10 Å². The maximum absolute atomic E-state index is 12.8. The summed E-state index contributed by atoms with van der Waals surface area (Å²) in [5, 5.41) is 0. The summed E-state index contributed by atoms with van der Waals surface area (Å²) in [5.41, 5.74) is 2.25. The van der Waals surface area contributed by atoms with Crippen LogP contribution in [0.1, 0.15) is 18.1 Å². The van der Waals surface area contributed by atoms with Gasteiger partial charge in [-0.25, -0.2) is 9.18 Å². The molecule has 110 valence electrons. The predicted octanol–water partition coefficient (Wildman–Crippen LogP) is 3.82. The van der Waals surface area contributed by atoms with Crippen LogP contribution in [0.5, 0.6) is 11.5 Å². The van der Waals surface area contributed by atoms with Gasteiger partial charge in [0.25, 0.3) is 0 Å². The number of ether oxygens (including phenoxy) is 2. The highest BCUT2D eigenvalue weighted by Gasteiger charge is 2.17. The third kappa shape index (κ3) is 4.05. The molecule has 0 bridgehead atoms. The van der Waals surface area contributed by atoms with Crippen LogP contribution in [-0.4, -0.2) is 12.1 Å². The van der Waals surface area contributed by atoms with Crippen molar-refractivity contribution in [1.82, 2.24) is 0 Å². The molecule has 0 saturated carbocycles. The van der Waals surface area contributed by atoms with Crippen LogP contribution in [0, 0.1) is 19.7 Å². The first-order chi connectivity index (χ1) is 9.95. The maximum Gasteiger partial charge on any atom is 0.352 e. The fraction of sp³-hybridized carbons (Fsp3) is 0.235. The van der Waals surface area contributed by atoms with Crippen molar-refractivity contribution in [1.29, 1.82) is 0 Å². The lowest BCUT2D eigenvalue weighted by atomic mass is 10.1. The Kier molecular flexibility index (Phi) is 4.58. The molecule has 0 fully saturated rings. The zero-order valence-corrected chi connectivity index (χ0v) is 12.2. The van der Waals surface area contributed by atoms with E-state index in [1.165, 1.54) is 24.3 Å². The van der Waals surface area contributed by atoms with Crippen LogP contribution >= 0.6 is 0 Å². The molecule has 0 aliphatic carbocycles. The van der Waals surface area contributed by atoms with E-state index in [1.54, 1.807) is 6.92 Å². The second-order valence-electron chi connectivity index (χ2n) is 4.88. The standard InChI is InChI=1S/C17H17FO3/c1-11-4-7-16(10-12(11)2)20-13(3)17(19)21-15-8-5-14(18)6-9-15/h4-10,13H,1-3H3/t13-/m0/s1. The number of hydrogen-bond donors (Lipinski definition) is 0. The topological polar surface area (TPSA) is 35.5 Å². The van der Waals surface area contributed by atoms with Crippen molar-refractivity contribution in [3.05, 3.63) is 59.4 Å². The molecule has 4 heteroatoms. The molecule has 0 radical (unpaired) electrons. The summed E-state index contributed by atoms with van der Waals surface area (Å²) in [5.74, 6) is -0.00680. The van der Waals surface area contributed by atoms with Gasteiger partial charge in [0.1, 0.15) is 17.3 Å². The van der Waals surface area contributed by atoms with Gasteiger partial charge >= 0.3 is 5.97 Å². The highest BCUT2D eigenvalue weighted by Crippen LogP contribution is 2.19. The predicted molar refractivity (Wildman–Crippen MR) is 78.0 cm³/mol. The van der Waals surface area contributed by atoms with E-state index in [0.717, 1.165) is 11.1 Å². The van der Waals surface area contributed by atoms with Crippen molar-refractivity contribution < 1.29 is 18.7 Å². The summed E-state index contributed by atoms with van der Waals surface area (Å²) in [6, 6.07) is 10.9. The zero-order valence-electron chi connectivity index (χ0n) is 12.2. The molecule has 0 saturated heterocycles. The Hall–Kier alpha value is -2.36. The van der Waals surface area contributed by atoms with Gasteiger partial charge < -0.3 is 9.47 Å². The number of benzene rings is 2. The quantitative estimate of drug-likeness (QED) is 0.634. The number of hydrogen-bond acceptors (Lipinski definition) is 3. The summed E-state index contributed by atoms with van der Waals surface area (Å²) in [4.78, 5) is 11.9. The molecule has 2 rings (SSSR count). The minimum absolute atomic E-state index is 0.289. The Bertz CT molecular complexity index is 635. The molecule has 0 heterocycles. The molecule has 1 atom stereocenters. The van der Waals surface area contributed by atoms with E-state index in [4.69, 9.17) is 9.47 Å². The summed E-state index contributed by atoms with van der Waals surface area (Å²) in [6.07, 6.45) is -0.753. The second kappa shape index (κ2) is 6.39. The number of rotatable bonds is 4. The molecule has 3 nitrogen and oxygen atoms in total. The summed E-state index contributed by atoms with van der Waals surface area (Å²) < 4.78 is 23.5. The Balaban J connectivity index is 1.98. The van der Waals surface area contributed by atoms with Crippen LogP contribution in [0.25, 0.3) is 0 Å². The molecule has 21 heavy (non-hydrogen) atoms. The van der Waals surface area contributed by atoms with E-state index in [1.807, 2.05) is 32.0 Å². The van der Waals surface area contributed by atoms with Crippen molar-refractivity contribution >= 4 is 5.97 Å². The molecule has 0 aliphatic rings. The molecule has 2 aromatic carbocycles. The van der Waals surface area contributed by atoms with Gasteiger partial charge in [0, 0.05) is 0 Å². The Morgan fingerprint density at radius 2 is 1.62 bits per heavy atom. The zero-order chi connectivity index (χ0) is 15.4. The fourth-order valence-corrected chi connectivity index (χ4v) is 1.74. The van der Waals surface area contributed by atoms with Crippen LogP contribution in [0.2, 0.25) is 0 Å². The van der Waals surface area contributed by atoms with Crippen molar-refractivity contribution in [3.8, 4) is 11.5 Å². The maximum atomic E-state index is 12.8. The largest absolute Gasteiger partial charge is 0.479 e. The number of carbonyl (C=O) groups is 1. The highest BCUT2D eigenvalue weighted by molar-refractivity contribution is 5.77. The number of esters is 1. The van der Waals surface area contributed by atoms with Crippen molar-refractivity contribution in [2.75, 3.05) is 0 Å². The first-order valence-electron chi connectivity index (χ1n) is 6.67. The summed E-state index contributed by atoms with van der Waals surface area (Å²) >= 11 is 0. The van der Waals surface area contributed by atoms with Crippen LogP contribution < -0.4 is 9.47 Å². The Morgan fingerprint density at radius 3 is 2.24 bits per heavy atom. The lowest BCUT2D eigenvalue weighted by Gasteiger charge is -2.14. The van der Waals surface area contributed by atoms with E-state index < -0.39 is 12.1 Å². The summed E-state index contributed by atoms with van der Waals surface area (Å²) in [7, 11) is 0. The highest BCUT2D eigenvalue weighted by atomic mass is 19.1. The van der Waals surface area contributed by atoms with E-state index in [9.17, 15) is 9.18 Å². The van der Waals surface area contributed by atoms with E-state index in [0.29, 0.717) is 5.75 Å². The molecule has 0 unspecified atom stereocenters. The monoisotopic (exact) mass is 288 g/mol. The van der Waals surface area contributed by atoms with Gasteiger partial charge in [0.05, 0.1) is 0 Å². The fourth-order valence-electron chi connectivity index (χ4n) is 1.74. The van der Waals surface area contributed by atoms with Crippen LogP contribution in [0.15, 0.2) is 42.5 Å². The van der Waals surface area contributed by atoms with E-state index in [-0.39, 0.29) is 11.6 Å². The average Bonchev–Trinajstić information content (AvgIpc) is 2.45. The van der Waals surface area contributed by atoms with Crippen molar-refractivity contribution in [2.24, 2.45) is 0 Å². The van der Waals surface area contributed by atoms with Gasteiger partial charge in [-0.15, -0.1) is 0 Å². The molecule has 2 aromatic rings. The molecule has 0 aliphatic heterocycles. The van der Waals surface area contributed by atoms with Crippen LogP contribution in [0.4, 0.5) is 4.39 Å². The first kappa shape index (κ1) is 15.0. The Labute approximate surface area is 123 Å². The van der Waals surface area contributed by atoms with E-state index >= 15 is 0 Å². The minimum atomic E-state index is -0.753. The van der Waals surface area contributed by atoms with Crippen molar-refractivity contribution in [2.45, 2.75) is 26.9 Å². The third-order valence-electron chi connectivity index (χ3n) is 3.16. The normalized spacial score (nSPS) is 11.8. The lowest BCUT2D eigenvalue weighted by molar-refractivity contribution is -0.141. The van der Waals surface area contributed by atoms with Gasteiger partial charge in [0.2, 0.25) is 0 Å². The molecule has 0 spiro atoms. The van der Waals surface area contributed by atoms with Gasteiger partial charge in [-0.2, -0.15) is 0 Å². The molecular formula is C17H17FO3. The lowest BCUT2D eigenvalue weighted by Crippen LogP contribution is -2.28. The number of halogens is 1. The molecule has 0 N–H and O–H groups in total. The second-order valence-corrected chi connectivity index (χ2v) is 4.88. The third-order valence-corrected chi connectivity index (χ3v) is 3.16. The smallest absolute Gasteiger partial charge is 0.352 e. The van der Waals surface area contributed by atoms with Gasteiger partial charge in [-0.3, -0.25) is 0 Å². The molecular weight excluding hydrogens is 271 g/mol. The first-order valence-corrected chi connectivity index (χ1v) is 6.67. The average molecular weight is 288 g/mol.